The van der Waals surface area contributed by atoms with Gasteiger partial charge in [-0.1, -0.05) is 12.1 Å². The maximum Gasteiger partial charge on any atom is 0.203 e. The summed E-state index contributed by atoms with van der Waals surface area (Å²) < 4.78 is 0. The molecule has 1 aromatic carbocycles. The van der Waals surface area contributed by atoms with E-state index >= 15 is 0 Å². The van der Waals surface area contributed by atoms with Crippen molar-refractivity contribution in [3.8, 4) is 11.3 Å². The molecular formula is C17H16N4S. The van der Waals surface area contributed by atoms with Crippen LogP contribution in [0.3, 0.4) is 0 Å². The average Bonchev–Trinajstić information content (AvgIpc) is 3.00. The van der Waals surface area contributed by atoms with E-state index in [1.807, 2.05) is 17.5 Å². The first-order valence-electron chi connectivity index (χ1n) is 6.94. The molecule has 0 bridgehead atoms. The third-order valence-electron chi connectivity index (χ3n) is 3.39. The molecule has 0 radical (unpaired) electrons. The number of benzene rings is 1. The van der Waals surface area contributed by atoms with E-state index in [2.05, 4.69) is 52.5 Å². The van der Waals surface area contributed by atoms with Gasteiger partial charge in [0.05, 0.1) is 11.9 Å². The normalized spacial score (nSPS) is 11.0. The molecule has 0 aliphatic heterocycles. The van der Waals surface area contributed by atoms with Gasteiger partial charge in [-0.25, -0.2) is 4.98 Å². The number of thiazole rings is 1. The first-order chi connectivity index (χ1) is 10.7. The Labute approximate surface area is 133 Å². The van der Waals surface area contributed by atoms with Gasteiger partial charge in [-0.2, -0.15) is 5.10 Å². The van der Waals surface area contributed by atoms with E-state index in [4.69, 9.17) is 0 Å². The van der Waals surface area contributed by atoms with Crippen LogP contribution in [0.15, 0.2) is 53.2 Å². The van der Waals surface area contributed by atoms with Gasteiger partial charge in [-0.3, -0.25) is 10.4 Å². The van der Waals surface area contributed by atoms with Gasteiger partial charge in [-0.05, 0) is 48.7 Å². The number of nitrogens with zero attached hydrogens (tertiary/aromatic N) is 3. The molecule has 0 aliphatic rings. The summed E-state index contributed by atoms with van der Waals surface area (Å²) in [5.74, 6) is 0. The summed E-state index contributed by atoms with van der Waals surface area (Å²) in [4.78, 5) is 8.53. The summed E-state index contributed by atoms with van der Waals surface area (Å²) in [5, 5.41) is 7.01. The number of hydrazone groups is 1. The lowest BCUT2D eigenvalue weighted by Gasteiger charge is -2.02. The molecule has 0 amide bonds. The van der Waals surface area contributed by atoms with Crippen LogP contribution in [-0.4, -0.2) is 16.2 Å². The Hall–Kier alpha value is -2.53. The number of hydrogen-bond donors (Lipinski definition) is 1. The molecule has 5 heteroatoms. The molecule has 4 nitrogen and oxygen atoms in total. The molecule has 2 aromatic heterocycles. The third kappa shape index (κ3) is 3.38. The second-order valence-corrected chi connectivity index (χ2v) is 5.85. The Balaban J connectivity index is 1.71. The number of pyridine rings is 1. The van der Waals surface area contributed by atoms with Gasteiger partial charge in [-0.15, -0.1) is 11.3 Å². The van der Waals surface area contributed by atoms with Crippen molar-refractivity contribution in [3.63, 3.8) is 0 Å². The minimum absolute atomic E-state index is 0.776. The van der Waals surface area contributed by atoms with Gasteiger partial charge in [0, 0.05) is 23.3 Å². The monoisotopic (exact) mass is 308 g/mol. The smallest absolute Gasteiger partial charge is 0.203 e. The molecular weight excluding hydrogens is 292 g/mol. The zero-order chi connectivity index (χ0) is 15.4. The molecule has 0 spiro atoms. The topological polar surface area (TPSA) is 50.2 Å². The largest absolute Gasteiger partial charge is 0.265 e. The Morgan fingerprint density at radius 1 is 1.09 bits per heavy atom. The molecule has 0 aliphatic carbocycles. The zero-order valence-electron chi connectivity index (χ0n) is 12.4. The van der Waals surface area contributed by atoms with E-state index in [-0.39, 0.29) is 0 Å². The number of anilines is 1. The molecule has 0 fully saturated rings. The van der Waals surface area contributed by atoms with Crippen LogP contribution in [0.1, 0.15) is 16.7 Å². The Bertz CT molecular complexity index is 793. The Morgan fingerprint density at radius 3 is 2.68 bits per heavy atom. The average molecular weight is 308 g/mol. The quantitative estimate of drug-likeness (QED) is 0.578. The van der Waals surface area contributed by atoms with E-state index in [0.29, 0.717) is 0 Å². The van der Waals surface area contributed by atoms with Gasteiger partial charge >= 0.3 is 0 Å². The SMILES string of the molecule is Cc1ccc(-c2csc(N/N=C\c3ccncc3)n2)cc1C. The first kappa shape index (κ1) is 14.4. The number of nitrogens with one attached hydrogen (secondary N) is 1. The number of rotatable bonds is 4. The summed E-state index contributed by atoms with van der Waals surface area (Å²) in [7, 11) is 0. The summed E-state index contributed by atoms with van der Waals surface area (Å²) >= 11 is 1.54. The van der Waals surface area contributed by atoms with Crippen LogP contribution in [0, 0.1) is 13.8 Å². The van der Waals surface area contributed by atoms with E-state index in [1.54, 1.807) is 29.9 Å². The highest BCUT2D eigenvalue weighted by molar-refractivity contribution is 7.14. The first-order valence-corrected chi connectivity index (χ1v) is 7.82. The minimum atomic E-state index is 0.776. The van der Waals surface area contributed by atoms with Crippen LogP contribution in [0.5, 0.6) is 0 Å². The summed E-state index contributed by atoms with van der Waals surface area (Å²) in [5.41, 5.74) is 8.62. The van der Waals surface area contributed by atoms with E-state index in [1.165, 1.54) is 11.1 Å². The molecule has 110 valence electrons. The fourth-order valence-corrected chi connectivity index (χ4v) is 2.64. The molecule has 3 rings (SSSR count). The van der Waals surface area contributed by atoms with Crippen molar-refractivity contribution in [2.75, 3.05) is 5.43 Å². The second kappa shape index (κ2) is 6.49. The highest BCUT2D eigenvalue weighted by Crippen LogP contribution is 2.26. The molecule has 1 N–H and O–H groups in total. The predicted octanol–water partition coefficient (Wildman–Crippen LogP) is 4.27. The molecule has 0 saturated carbocycles. The summed E-state index contributed by atoms with van der Waals surface area (Å²) in [6.07, 6.45) is 5.23. The van der Waals surface area contributed by atoms with Crippen molar-refractivity contribution in [1.82, 2.24) is 9.97 Å². The van der Waals surface area contributed by atoms with Crippen molar-refractivity contribution >= 4 is 22.7 Å². The molecule has 0 atom stereocenters. The van der Waals surface area contributed by atoms with Crippen LogP contribution in [0.25, 0.3) is 11.3 Å². The van der Waals surface area contributed by atoms with Crippen LogP contribution >= 0.6 is 11.3 Å². The maximum atomic E-state index is 4.56. The van der Waals surface area contributed by atoms with Crippen LogP contribution in [0.4, 0.5) is 5.13 Å². The lowest BCUT2D eigenvalue weighted by atomic mass is 10.1. The standard InChI is InChI=1S/C17H16N4S/c1-12-3-4-15(9-13(12)2)16-11-22-17(20-16)21-19-10-14-5-7-18-8-6-14/h3-11H,1-2H3,(H,20,21)/b19-10-. The van der Waals surface area contributed by atoms with Crippen molar-refractivity contribution in [3.05, 3.63) is 64.8 Å². The molecule has 0 unspecified atom stereocenters. The third-order valence-corrected chi connectivity index (χ3v) is 4.13. The van der Waals surface area contributed by atoms with Gasteiger partial charge < -0.3 is 0 Å². The molecule has 0 saturated heterocycles. The maximum absolute atomic E-state index is 4.56. The number of aryl methyl sites for hydroxylation is 2. The second-order valence-electron chi connectivity index (χ2n) is 4.99. The number of hydrogen-bond acceptors (Lipinski definition) is 5. The van der Waals surface area contributed by atoms with Gasteiger partial charge in [0.2, 0.25) is 5.13 Å². The van der Waals surface area contributed by atoms with E-state index in [9.17, 15) is 0 Å². The number of aromatic nitrogens is 2. The van der Waals surface area contributed by atoms with Gasteiger partial charge in [0.1, 0.15) is 0 Å². The lowest BCUT2D eigenvalue weighted by Crippen LogP contribution is -1.90. The van der Waals surface area contributed by atoms with Crippen LogP contribution < -0.4 is 5.43 Å². The fourth-order valence-electron chi connectivity index (χ4n) is 1.97. The summed E-state index contributed by atoms with van der Waals surface area (Å²) in [6.45, 7) is 4.23. The highest BCUT2D eigenvalue weighted by atomic mass is 32.1. The highest BCUT2D eigenvalue weighted by Gasteiger charge is 2.05. The van der Waals surface area contributed by atoms with Crippen molar-refractivity contribution < 1.29 is 0 Å². The Morgan fingerprint density at radius 2 is 1.91 bits per heavy atom. The van der Waals surface area contributed by atoms with E-state index in [0.717, 1.165) is 22.0 Å². The molecule has 3 aromatic rings. The van der Waals surface area contributed by atoms with Crippen LogP contribution in [-0.2, 0) is 0 Å². The van der Waals surface area contributed by atoms with E-state index < -0.39 is 0 Å². The fraction of sp³-hybridized carbons (Fsp3) is 0.118. The van der Waals surface area contributed by atoms with Gasteiger partial charge in [0.15, 0.2) is 0 Å². The van der Waals surface area contributed by atoms with Crippen LogP contribution in [0.2, 0.25) is 0 Å². The van der Waals surface area contributed by atoms with Crippen molar-refractivity contribution in [2.45, 2.75) is 13.8 Å². The predicted molar refractivity (Wildman–Crippen MR) is 92.5 cm³/mol. The lowest BCUT2D eigenvalue weighted by molar-refractivity contribution is 1.27. The van der Waals surface area contributed by atoms with Gasteiger partial charge in [0.25, 0.3) is 0 Å². The molecule has 22 heavy (non-hydrogen) atoms. The molecule has 2 heterocycles. The zero-order valence-corrected chi connectivity index (χ0v) is 13.3. The van der Waals surface area contributed by atoms with Crippen molar-refractivity contribution in [2.24, 2.45) is 5.10 Å². The van der Waals surface area contributed by atoms with Crippen molar-refractivity contribution in [1.29, 1.82) is 0 Å². The summed E-state index contributed by atoms with van der Waals surface area (Å²) in [6, 6.07) is 10.2. The minimum Gasteiger partial charge on any atom is -0.265 e. The Kier molecular flexibility index (Phi) is 4.25.